The first-order valence-electron chi connectivity index (χ1n) is 2.93. The van der Waals surface area contributed by atoms with Crippen LogP contribution in [0, 0.1) is 0 Å². The van der Waals surface area contributed by atoms with E-state index in [0.717, 1.165) is 0 Å². The van der Waals surface area contributed by atoms with E-state index in [1.165, 1.54) is 12.2 Å². The van der Waals surface area contributed by atoms with E-state index in [1.54, 1.807) is 0 Å². The summed E-state index contributed by atoms with van der Waals surface area (Å²) < 4.78 is 4.68. The molecule has 0 fully saturated rings. The lowest BCUT2D eigenvalue weighted by molar-refractivity contribution is 0.169. The lowest BCUT2D eigenvalue weighted by Gasteiger charge is -2.13. The highest BCUT2D eigenvalue weighted by atomic mass is 28.4. The summed E-state index contributed by atoms with van der Waals surface area (Å²) in [6.45, 7) is 6.91. The van der Waals surface area contributed by atoms with Crippen molar-refractivity contribution in [3.8, 4) is 0 Å². The Kier molecular flexibility index (Phi) is 4.22. The predicted octanol–water partition coefficient (Wildman–Crippen LogP) is 0.298. The van der Waals surface area contributed by atoms with Gasteiger partial charge in [0, 0.05) is 6.04 Å². The highest BCUT2D eigenvalue weighted by Gasteiger charge is 2.29. The molecule has 0 aromatic heterocycles. The summed E-state index contributed by atoms with van der Waals surface area (Å²) in [4.78, 5) is 18.0. The van der Waals surface area contributed by atoms with Gasteiger partial charge in [-0.1, -0.05) is 12.2 Å². The van der Waals surface area contributed by atoms with Gasteiger partial charge in [0.25, 0.3) is 0 Å². The van der Waals surface area contributed by atoms with Crippen LogP contribution in [-0.4, -0.2) is 25.0 Å². The number of hydrogen-bond donors (Lipinski definition) is 2. The second-order valence-corrected chi connectivity index (χ2v) is 4.02. The molecule has 0 aliphatic rings. The predicted molar refractivity (Wildman–Crippen MR) is 41.3 cm³/mol. The lowest BCUT2D eigenvalue weighted by atomic mass is 10.7. The standard InChI is InChI=1S/C6H12O3Si/c1-3-5-9-10(7,8)6-4-2/h3-4,7-8H,1-2,5-6H2. The van der Waals surface area contributed by atoms with Gasteiger partial charge in [-0.2, -0.15) is 0 Å². The minimum Gasteiger partial charge on any atom is -0.390 e. The van der Waals surface area contributed by atoms with E-state index in [0.29, 0.717) is 0 Å². The number of allylic oxidation sites excluding steroid dienone is 1. The molecule has 0 amide bonds. The molecule has 0 heterocycles. The van der Waals surface area contributed by atoms with Crippen molar-refractivity contribution in [1.29, 1.82) is 0 Å². The Bertz CT molecular complexity index is 122. The molecule has 0 saturated carbocycles. The van der Waals surface area contributed by atoms with Crippen LogP contribution in [0.25, 0.3) is 0 Å². The van der Waals surface area contributed by atoms with Crippen molar-refractivity contribution in [3.05, 3.63) is 25.3 Å². The first-order valence-corrected chi connectivity index (χ1v) is 4.94. The summed E-state index contributed by atoms with van der Waals surface area (Å²) in [5, 5.41) is 0. The van der Waals surface area contributed by atoms with Gasteiger partial charge in [0.1, 0.15) is 0 Å². The van der Waals surface area contributed by atoms with Gasteiger partial charge in [0.15, 0.2) is 0 Å². The molecule has 4 heteroatoms. The third-order valence-corrected chi connectivity index (χ3v) is 2.29. The molecule has 0 bridgehead atoms. The zero-order chi connectivity index (χ0) is 8.04. The zero-order valence-corrected chi connectivity index (χ0v) is 6.79. The van der Waals surface area contributed by atoms with Crippen molar-refractivity contribution in [3.63, 3.8) is 0 Å². The summed E-state index contributed by atoms with van der Waals surface area (Å²) in [7, 11) is -3.41. The van der Waals surface area contributed by atoms with Crippen LogP contribution in [0.15, 0.2) is 25.3 Å². The van der Waals surface area contributed by atoms with E-state index >= 15 is 0 Å². The van der Waals surface area contributed by atoms with Crippen LogP contribution in [0.3, 0.4) is 0 Å². The Balaban J connectivity index is 3.61. The summed E-state index contributed by atoms with van der Waals surface area (Å²) >= 11 is 0. The highest BCUT2D eigenvalue weighted by molar-refractivity contribution is 6.58. The molecule has 0 aliphatic heterocycles. The molecule has 0 rings (SSSR count). The molecule has 0 spiro atoms. The highest BCUT2D eigenvalue weighted by Crippen LogP contribution is 2.02. The molecule has 0 aliphatic carbocycles. The maximum absolute atomic E-state index is 9.00. The van der Waals surface area contributed by atoms with Crippen molar-refractivity contribution in [2.24, 2.45) is 0 Å². The molecule has 0 radical (unpaired) electrons. The average Bonchev–Trinajstić information content (AvgIpc) is 1.84. The van der Waals surface area contributed by atoms with Crippen LogP contribution in [0.4, 0.5) is 0 Å². The van der Waals surface area contributed by atoms with Crippen molar-refractivity contribution >= 4 is 8.80 Å². The van der Waals surface area contributed by atoms with E-state index in [9.17, 15) is 0 Å². The lowest BCUT2D eigenvalue weighted by Crippen LogP contribution is -2.38. The number of rotatable bonds is 5. The molecular formula is C6H12O3Si. The SMILES string of the molecule is C=CCO[Si](O)(O)CC=C. The van der Waals surface area contributed by atoms with Crippen LogP contribution < -0.4 is 0 Å². The summed E-state index contributed by atoms with van der Waals surface area (Å²) in [6, 6.07) is 0.126. The Morgan fingerprint density at radius 2 is 1.90 bits per heavy atom. The van der Waals surface area contributed by atoms with Crippen molar-refractivity contribution in [2.75, 3.05) is 6.61 Å². The minimum absolute atomic E-state index is 0.126. The van der Waals surface area contributed by atoms with E-state index in [4.69, 9.17) is 9.59 Å². The molecule has 0 aromatic rings. The third-order valence-electron chi connectivity index (χ3n) is 0.843. The molecule has 3 nitrogen and oxygen atoms in total. The third kappa shape index (κ3) is 4.46. The fourth-order valence-corrected chi connectivity index (χ4v) is 1.32. The zero-order valence-electron chi connectivity index (χ0n) is 5.79. The smallest absolute Gasteiger partial charge is 0.390 e. The summed E-state index contributed by atoms with van der Waals surface area (Å²) in [5.41, 5.74) is 0. The van der Waals surface area contributed by atoms with Gasteiger partial charge >= 0.3 is 8.80 Å². The van der Waals surface area contributed by atoms with Gasteiger partial charge in [-0.25, -0.2) is 0 Å². The molecule has 0 aromatic carbocycles. The first kappa shape index (κ1) is 9.58. The topological polar surface area (TPSA) is 49.7 Å². The normalized spacial score (nSPS) is 11.0. The molecule has 10 heavy (non-hydrogen) atoms. The fraction of sp³-hybridized carbons (Fsp3) is 0.333. The molecule has 0 atom stereocenters. The molecular weight excluding hydrogens is 148 g/mol. The van der Waals surface area contributed by atoms with Gasteiger partial charge in [-0.3, -0.25) is 0 Å². The Hall–Kier alpha value is -0.423. The first-order chi connectivity index (χ1) is 4.62. The van der Waals surface area contributed by atoms with Crippen LogP contribution in [-0.2, 0) is 4.43 Å². The minimum atomic E-state index is -3.41. The van der Waals surface area contributed by atoms with Crippen LogP contribution in [0.5, 0.6) is 0 Å². The molecule has 0 unspecified atom stereocenters. The largest absolute Gasteiger partial charge is 0.499 e. The van der Waals surface area contributed by atoms with Gasteiger partial charge < -0.3 is 14.0 Å². The Labute approximate surface area is 61.6 Å². The maximum Gasteiger partial charge on any atom is 0.499 e. The van der Waals surface area contributed by atoms with E-state index in [2.05, 4.69) is 17.6 Å². The van der Waals surface area contributed by atoms with E-state index in [-0.39, 0.29) is 12.7 Å². The monoisotopic (exact) mass is 160 g/mol. The van der Waals surface area contributed by atoms with Gasteiger partial charge in [0.05, 0.1) is 6.61 Å². The quantitative estimate of drug-likeness (QED) is 0.449. The van der Waals surface area contributed by atoms with Crippen molar-refractivity contribution < 1.29 is 14.0 Å². The second-order valence-electron chi connectivity index (χ2n) is 1.84. The summed E-state index contributed by atoms with van der Waals surface area (Å²) in [5.74, 6) is 0. The van der Waals surface area contributed by atoms with Crippen molar-refractivity contribution in [1.82, 2.24) is 0 Å². The molecule has 58 valence electrons. The fourth-order valence-electron chi connectivity index (χ4n) is 0.439. The van der Waals surface area contributed by atoms with Crippen LogP contribution in [0.1, 0.15) is 0 Å². The van der Waals surface area contributed by atoms with Gasteiger partial charge in [-0.05, 0) is 0 Å². The Morgan fingerprint density at radius 3 is 2.30 bits per heavy atom. The molecule has 2 N–H and O–H groups in total. The average molecular weight is 160 g/mol. The summed E-state index contributed by atoms with van der Waals surface area (Å²) in [6.07, 6.45) is 2.90. The van der Waals surface area contributed by atoms with Crippen LogP contribution >= 0.6 is 0 Å². The van der Waals surface area contributed by atoms with E-state index < -0.39 is 8.80 Å². The Morgan fingerprint density at radius 1 is 1.30 bits per heavy atom. The van der Waals surface area contributed by atoms with Crippen molar-refractivity contribution in [2.45, 2.75) is 6.04 Å². The maximum atomic E-state index is 9.00. The van der Waals surface area contributed by atoms with Gasteiger partial charge in [0.2, 0.25) is 0 Å². The van der Waals surface area contributed by atoms with Gasteiger partial charge in [-0.15, -0.1) is 13.2 Å². The van der Waals surface area contributed by atoms with Crippen LogP contribution in [0.2, 0.25) is 6.04 Å². The molecule has 0 saturated heterocycles. The van der Waals surface area contributed by atoms with E-state index in [1.807, 2.05) is 0 Å². The second kappa shape index (κ2) is 4.40. The number of hydrogen-bond acceptors (Lipinski definition) is 3.